The van der Waals surface area contributed by atoms with Crippen LogP contribution in [0.4, 0.5) is 0 Å². The molecule has 0 radical (unpaired) electrons. The van der Waals surface area contributed by atoms with Gasteiger partial charge in [0, 0.05) is 22.1 Å². The van der Waals surface area contributed by atoms with E-state index in [0.29, 0.717) is 12.3 Å². The molecule has 0 atom stereocenters. The summed E-state index contributed by atoms with van der Waals surface area (Å²) >= 11 is 3.42. The van der Waals surface area contributed by atoms with E-state index in [1.54, 1.807) is 0 Å². The third kappa shape index (κ3) is 5.51. The first-order valence-electron chi connectivity index (χ1n) is 5.72. The fourth-order valence-electron chi connectivity index (χ4n) is 1.34. The van der Waals surface area contributed by atoms with Crippen molar-refractivity contribution in [3.8, 4) is 5.75 Å². The van der Waals surface area contributed by atoms with E-state index in [1.165, 1.54) is 0 Å². The zero-order valence-electron chi connectivity index (χ0n) is 10.9. The summed E-state index contributed by atoms with van der Waals surface area (Å²) in [4.78, 5) is 10.7. The van der Waals surface area contributed by atoms with Crippen molar-refractivity contribution in [2.24, 2.45) is 5.73 Å². The standard InChI is InChI=1S/C13H19BrN2O2/c1-13(2,3)16-7-9-6-10(14)4-5-11(9)18-8-12(15)17/h4-6,16H,7-8H2,1-3H3,(H2,15,17). The minimum Gasteiger partial charge on any atom is -0.483 e. The molecular formula is C13H19BrN2O2. The number of benzene rings is 1. The van der Waals surface area contributed by atoms with Crippen LogP contribution >= 0.6 is 15.9 Å². The molecule has 4 nitrogen and oxygen atoms in total. The Hall–Kier alpha value is -1.07. The highest BCUT2D eigenvalue weighted by Gasteiger charge is 2.11. The second-order valence-electron chi connectivity index (χ2n) is 5.11. The Labute approximate surface area is 116 Å². The van der Waals surface area contributed by atoms with Crippen LogP contribution in [0.1, 0.15) is 26.3 Å². The summed E-state index contributed by atoms with van der Waals surface area (Å²) in [5.41, 5.74) is 6.08. The molecule has 0 aromatic heterocycles. The van der Waals surface area contributed by atoms with Gasteiger partial charge in [0.05, 0.1) is 0 Å². The van der Waals surface area contributed by atoms with Crippen LogP contribution in [-0.4, -0.2) is 18.1 Å². The van der Waals surface area contributed by atoms with E-state index in [-0.39, 0.29) is 12.1 Å². The zero-order valence-corrected chi connectivity index (χ0v) is 12.5. The fourth-order valence-corrected chi connectivity index (χ4v) is 1.74. The van der Waals surface area contributed by atoms with Crippen molar-refractivity contribution < 1.29 is 9.53 Å². The van der Waals surface area contributed by atoms with E-state index in [1.807, 2.05) is 18.2 Å². The SMILES string of the molecule is CC(C)(C)NCc1cc(Br)ccc1OCC(N)=O. The molecular weight excluding hydrogens is 296 g/mol. The molecule has 1 aromatic rings. The van der Waals surface area contributed by atoms with Crippen molar-refractivity contribution in [1.82, 2.24) is 5.32 Å². The fraction of sp³-hybridized carbons (Fsp3) is 0.462. The van der Waals surface area contributed by atoms with Gasteiger partial charge >= 0.3 is 0 Å². The van der Waals surface area contributed by atoms with Gasteiger partial charge in [-0.1, -0.05) is 15.9 Å². The highest BCUT2D eigenvalue weighted by Crippen LogP contribution is 2.23. The van der Waals surface area contributed by atoms with Gasteiger partial charge in [-0.3, -0.25) is 4.79 Å². The van der Waals surface area contributed by atoms with Crippen LogP contribution in [0, 0.1) is 0 Å². The summed E-state index contributed by atoms with van der Waals surface area (Å²) in [6.07, 6.45) is 0. The van der Waals surface area contributed by atoms with Crippen molar-refractivity contribution in [3.63, 3.8) is 0 Å². The number of hydrogen-bond donors (Lipinski definition) is 2. The van der Waals surface area contributed by atoms with Crippen molar-refractivity contribution in [3.05, 3.63) is 28.2 Å². The number of ether oxygens (including phenoxy) is 1. The number of carbonyl (C=O) groups is 1. The molecule has 0 spiro atoms. The second-order valence-corrected chi connectivity index (χ2v) is 6.03. The molecule has 1 rings (SSSR count). The third-order valence-electron chi connectivity index (χ3n) is 2.20. The Morgan fingerprint density at radius 2 is 2.11 bits per heavy atom. The van der Waals surface area contributed by atoms with Gasteiger partial charge in [0.25, 0.3) is 5.91 Å². The molecule has 100 valence electrons. The average Bonchev–Trinajstić information content (AvgIpc) is 2.23. The summed E-state index contributed by atoms with van der Waals surface area (Å²) in [5, 5.41) is 3.38. The maximum atomic E-state index is 10.7. The highest BCUT2D eigenvalue weighted by atomic mass is 79.9. The maximum absolute atomic E-state index is 10.7. The molecule has 1 amide bonds. The van der Waals surface area contributed by atoms with E-state index < -0.39 is 5.91 Å². The van der Waals surface area contributed by atoms with Crippen LogP contribution in [0.25, 0.3) is 0 Å². The van der Waals surface area contributed by atoms with Crippen LogP contribution in [0.15, 0.2) is 22.7 Å². The Balaban J connectivity index is 2.79. The van der Waals surface area contributed by atoms with Crippen LogP contribution in [0.5, 0.6) is 5.75 Å². The average molecular weight is 315 g/mol. The predicted octanol–water partition coefficient (Wildman–Crippen LogP) is 2.20. The largest absolute Gasteiger partial charge is 0.483 e. The molecule has 0 heterocycles. The third-order valence-corrected chi connectivity index (χ3v) is 2.69. The molecule has 0 saturated carbocycles. The van der Waals surface area contributed by atoms with Gasteiger partial charge < -0.3 is 15.8 Å². The smallest absolute Gasteiger partial charge is 0.255 e. The molecule has 18 heavy (non-hydrogen) atoms. The van der Waals surface area contributed by atoms with E-state index in [9.17, 15) is 4.79 Å². The molecule has 5 heteroatoms. The first kappa shape index (κ1) is 15.0. The van der Waals surface area contributed by atoms with Gasteiger partial charge in [-0.15, -0.1) is 0 Å². The van der Waals surface area contributed by atoms with Crippen LogP contribution in [0.3, 0.4) is 0 Å². The topological polar surface area (TPSA) is 64.3 Å². The number of primary amides is 1. The number of carbonyl (C=O) groups excluding carboxylic acids is 1. The Morgan fingerprint density at radius 1 is 1.44 bits per heavy atom. The first-order chi connectivity index (χ1) is 8.28. The van der Waals surface area contributed by atoms with Gasteiger partial charge in [0.15, 0.2) is 6.61 Å². The lowest BCUT2D eigenvalue weighted by Gasteiger charge is -2.21. The van der Waals surface area contributed by atoms with Crippen LogP contribution < -0.4 is 15.8 Å². The molecule has 3 N–H and O–H groups in total. The normalized spacial score (nSPS) is 11.3. The lowest BCUT2D eigenvalue weighted by Crippen LogP contribution is -2.35. The number of nitrogens with one attached hydrogen (secondary N) is 1. The summed E-state index contributed by atoms with van der Waals surface area (Å²) < 4.78 is 6.36. The van der Waals surface area contributed by atoms with Crippen molar-refractivity contribution in [2.45, 2.75) is 32.9 Å². The summed E-state index contributed by atoms with van der Waals surface area (Å²) in [6.45, 7) is 6.83. The lowest BCUT2D eigenvalue weighted by molar-refractivity contribution is -0.119. The molecule has 0 fully saturated rings. The number of halogens is 1. The monoisotopic (exact) mass is 314 g/mol. The minimum absolute atomic E-state index is 0.0171. The van der Waals surface area contributed by atoms with E-state index in [2.05, 4.69) is 42.0 Å². The quantitative estimate of drug-likeness (QED) is 0.875. The zero-order chi connectivity index (χ0) is 13.8. The summed E-state index contributed by atoms with van der Waals surface area (Å²) in [7, 11) is 0. The molecule has 0 aliphatic carbocycles. The lowest BCUT2D eigenvalue weighted by atomic mass is 10.1. The molecule has 0 bridgehead atoms. The maximum Gasteiger partial charge on any atom is 0.255 e. The van der Waals surface area contributed by atoms with Gasteiger partial charge in [0.1, 0.15) is 5.75 Å². The minimum atomic E-state index is -0.479. The Bertz CT molecular complexity index is 427. The number of amides is 1. The molecule has 1 aromatic carbocycles. The second kappa shape index (κ2) is 6.20. The van der Waals surface area contributed by atoms with Gasteiger partial charge in [-0.05, 0) is 39.0 Å². The van der Waals surface area contributed by atoms with Gasteiger partial charge in [-0.2, -0.15) is 0 Å². The molecule has 0 aliphatic heterocycles. The van der Waals surface area contributed by atoms with Crippen molar-refractivity contribution >= 4 is 21.8 Å². The van der Waals surface area contributed by atoms with Crippen molar-refractivity contribution in [1.29, 1.82) is 0 Å². The number of nitrogens with two attached hydrogens (primary N) is 1. The first-order valence-corrected chi connectivity index (χ1v) is 6.52. The van der Waals surface area contributed by atoms with E-state index in [0.717, 1.165) is 10.0 Å². The van der Waals surface area contributed by atoms with E-state index in [4.69, 9.17) is 10.5 Å². The van der Waals surface area contributed by atoms with Gasteiger partial charge in [-0.25, -0.2) is 0 Å². The van der Waals surface area contributed by atoms with E-state index >= 15 is 0 Å². The van der Waals surface area contributed by atoms with Crippen LogP contribution in [-0.2, 0) is 11.3 Å². The van der Waals surface area contributed by atoms with Crippen molar-refractivity contribution in [2.75, 3.05) is 6.61 Å². The number of rotatable bonds is 5. The Morgan fingerprint density at radius 3 is 2.67 bits per heavy atom. The molecule has 0 saturated heterocycles. The Kier molecular flexibility index (Phi) is 5.16. The predicted molar refractivity (Wildman–Crippen MR) is 75.4 cm³/mol. The highest BCUT2D eigenvalue weighted by molar-refractivity contribution is 9.10. The number of hydrogen-bond acceptors (Lipinski definition) is 3. The van der Waals surface area contributed by atoms with Crippen LogP contribution in [0.2, 0.25) is 0 Å². The molecule has 0 unspecified atom stereocenters. The summed E-state index contributed by atoms with van der Waals surface area (Å²) in [5.74, 6) is 0.196. The summed E-state index contributed by atoms with van der Waals surface area (Å²) in [6, 6.07) is 5.67. The van der Waals surface area contributed by atoms with Gasteiger partial charge in [0.2, 0.25) is 0 Å². The molecule has 0 aliphatic rings.